The van der Waals surface area contributed by atoms with E-state index in [9.17, 15) is 49.5 Å². The van der Waals surface area contributed by atoms with Gasteiger partial charge in [-0.1, -0.05) is 84.6 Å². The molecule has 9 nitrogen and oxygen atoms in total. The topological polar surface area (TPSA) is 128 Å². The van der Waals surface area contributed by atoms with Crippen LogP contribution in [0, 0.1) is 11.8 Å². The van der Waals surface area contributed by atoms with E-state index in [0.717, 1.165) is 32.1 Å². The average molecular weight is 803 g/mol. The fraction of sp³-hybridized carbons (Fsp3) is 0.632. The number of ketones is 2. The second-order valence-electron chi connectivity index (χ2n) is 13.7. The summed E-state index contributed by atoms with van der Waals surface area (Å²) in [7, 11) is -7.63. The van der Waals surface area contributed by atoms with Gasteiger partial charge in [0.2, 0.25) is 5.78 Å². The molecule has 0 aromatic rings. The Morgan fingerprint density at radius 1 is 0.963 bits per heavy atom. The molecule has 1 aliphatic heterocycles. The van der Waals surface area contributed by atoms with Crippen LogP contribution >= 0.6 is 7.81 Å². The summed E-state index contributed by atoms with van der Waals surface area (Å²) in [4.78, 5) is 52.4. The van der Waals surface area contributed by atoms with E-state index in [2.05, 4.69) is 12.2 Å². The van der Waals surface area contributed by atoms with Gasteiger partial charge in [-0.15, -0.1) is 0 Å². The summed E-state index contributed by atoms with van der Waals surface area (Å²) in [5.74, 6) is -2.12. The van der Waals surface area contributed by atoms with E-state index in [1.54, 1.807) is 25.2 Å². The van der Waals surface area contributed by atoms with E-state index in [4.69, 9.17) is 14.2 Å². The van der Waals surface area contributed by atoms with Crippen molar-refractivity contribution in [3.63, 3.8) is 0 Å². The van der Waals surface area contributed by atoms with Crippen LogP contribution in [0.2, 0.25) is 0 Å². The quantitative estimate of drug-likeness (QED) is 0.0558. The molecule has 2 rings (SSSR count). The first-order chi connectivity index (χ1) is 24.3. The van der Waals surface area contributed by atoms with E-state index >= 15 is 0 Å². The van der Waals surface area contributed by atoms with Gasteiger partial charge in [0.05, 0.1) is 17.9 Å². The summed E-state index contributed by atoms with van der Waals surface area (Å²) in [5, 5.41) is 14.0. The summed E-state index contributed by atoms with van der Waals surface area (Å²) in [6, 6.07) is 0. The fourth-order valence-corrected chi connectivity index (χ4v) is 6.05. The number of carbonyl (C=O) groups excluding carboxylic acids is 4. The molecule has 2 aliphatic rings. The Kier molecular flexibility index (Phi) is 20.0. The maximum absolute atomic E-state index is 13.8. The molecule has 6 atom stereocenters. The zero-order chi connectivity index (χ0) is 40.8. The third kappa shape index (κ3) is 20.0. The minimum absolute atomic E-state index is 0. The van der Waals surface area contributed by atoms with E-state index < -0.39 is 44.1 Å². The predicted octanol–water partition coefficient (Wildman–Crippen LogP) is 10.0. The molecule has 0 saturated carbocycles. The monoisotopic (exact) mass is 802 g/mol. The summed E-state index contributed by atoms with van der Waals surface area (Å²) < 4.78 is 76.2. The summed E-state index contributed by atoms with van der Waals surface area (Å²) >= 11 is 0. The van der Waals surface area contributed by atoms with Gasteiger partial charge in [0.1, 0.15) is 6.10 Å². The van der Waals surface area contributed by atoms with Crippen LogP contribution in [0.3, 0.4) is 0 Å². The van der Waals surface area contributed by atoms with E-state index in [1.807, 2.05) is 26.8 Å². The molecule has 0 radical (unpaired) electrons. The molecule has 0 fully saturated rings. The molecule has 1 unspecified atom stereocenters. The normalized spacial score (nSPS) is 28.6. The number of methoxy groups -OCH3 is 2. The van der Waals surface area contributed by atoms with Crippen LogP contribution in [0.5, 0.6) is 0 Å². The minimum atomic E-state index is -10.7. The number of halogens is 6. The number of aliphatic hydroxyl groups excluding tert-OH is 1. The number of nitrogens with one attached hydrogen (secondary N) is 1. The number of ether oxygens (including phenoxy) is 3. The number of allylic oxidation sites excluding steroid dienone is 5. The van der Waals surface area contributed by atoms with E-state index in [-0.39, 0.29) is 36.5 Å². The van der Waals surface area contributed by atoms with Crippen molar-refractivity contribution in [2.45, 2.75) is 131 Å². The van der Waals surface area contributed by atoms with Crippen LogP contribution in [-0.2, 0) is 33.4 Å². The zero-order valence-electron chi connectivity index (χ0n) is 31.7. The van der Waals surface area contributed by atoms with Gasteiger partial charge in [0, 0.05) is 49.9 Å². The molecule has 2 N–H and O–H groups in total. The summed E-state index contributed by atoms with van der Waals surface area (Å²) in [6.45, 7) is 10.7. The maximum atomic E-state index is 13.8. The number of hydrogen-bond acceptors (Lipinski definition) is 8. The van der Waals surface area contributed by atoms with Crippen molar-refractivity contribution in [2.75, 3.05) is 14.2 Å². The Balaban J connectivity index is 0.00000318. The number of unbranched alkanes of at least 4 members (excludes halogenated alkanes) is 5. The van der Waals surface area contributed by atoms with Gasteiger partial charge >= 0.3 is 39.0 Å². The molecule has 1 amide bonds. The van der Waals surface area contributed by atoms with Crippen molar-refractivity contribution < 1.29 is 63.7 Å². The molecule has 54 heavy (non-hydrogen) atoms. The number of Topliss-reactive ketones (excluding diaryl/α,β-unsaturated/α-hetero) is 1. The number of esters is 1. The van der Waals surface area contributed by atoms with Gasteiger partial charge in [-0.2, -0.15) is 0 Å². The first-order valence-corrected chi connectivity index (χ1v) is 19.7. The van der Waals surface area contributed by atoms with Crippen molar-refractivity contribution in [1.82, 2.24) is 5.32 Å². The molecule has 0 saturated heterocycles. The van der Waals surface area contributed by atoms with Gasteiger partial charge in [-0.3, -0.25) is 19.2 Å². The standard InChI is InChI=1S/C37H55NO8.CH4.F6P/c1-9-10-11-12-13-14-17-28-29-19-23(2)20-33(45-8)34(41)25(4)21-26(5)36(46-27(6)39)32(44-7)18-15-16-24(3)37(43)38-30(35(29)42)22-31(28)40;;1-7(2,3,4,5)6/h15-16,18,21-23,25,32-34,36,41H,9-14,17,19-20H2,1-8H3,(H,38,43);1H4;/q;;-1/b18-15-,24-16+,26-21+;;/t23-,25+,32?,33+,34-,36+;;/m1../s1. The molecule has 2 bridgehead atoms. The number of amides is 1. The number of carbonyl (C=O) groups is 4. The third-order valence-corrected chi connectivity index (χ3v) is 8.74. The van der Waals surface area contributed by atoms with Gasteiger partial charge in [-0.05, 0) is 51.0 Å². The Labute approximate surface area is 315 Å². The van der Waals surface area contributed by atoms with Gasteiger partial charge < -0.3 is 24.6 Å². The zero-order valence-corrected chi connectivity index (χ0v) is 32.6. The Morgan fingerprint density at radius 2 is 1.54 bits per heavy atom. The molecule has 0 aromatic heterocycles. The number of fused-ring (bicyclic) bond motifs is 2. The van der Waals surface area contributed by atoms with Crippen molar-refractivity contribution in [1.29, 1.82) is 0 Å². The average Bonchev–Trinajstić information content (AvgIpc) is 3.03. The Hall–Kier alpha value is -3.13. The molecule has 312 valence electrons. The number of aliphatic hydroxyl groups is 1. The van der Waals surface area contributed by atoms with Crippen LogP contribution in [0.15, 0.2) is 58.4 Å². The summed E-state index contributed by atoms with van der Waals surface area (Å²) in [5.41, 5.74) is 1.88. The van der Waals surface area contributed by atoms with Crippen molar-refractivity contribution >= 4 is 31.3 Å². The molecule has 0 aromatic carbocycles. The van der Waals surface area contributed by atoms with Crippen LogP contribution in [0.25, 0.3) is 0 Å². The first kappa shape index (κ1) is 50.9. The van der Waals surface area contributed by atoms with Gasteiger partial charge in [-0.25, -0.2) is 0 Å². The SMILES string of the molecule is C.CCCCCCCCC1=C2C[C@@H](C)C[C@H](OC)[C@H](O)[C@@H](C)/C=C(\C)[C@H](OC(C)=O)C(OC)/C=C\C=C(/C)C(=O)NC(=CC1=O)C2=O.F[P-](F)(F)(F)(F)F. The second kappa shape index (κ2) is 21.2. The van der Waals surface area contributed by atoms with Crippen molar-refractivity contribution in [3.05, 3.63) is 58.4 Å². The van der Waals surface area contributed by atoms with Crippen LogP contribution in [0.4, 0.5) is 25.2 Å². The second-order valence-corrected chi connectivity index (χ2v) is 15.6. The fourth-order valence-electron chi connectivity index (χ4n) is 6.05. The molecule has 16 heteroatoms. The first-order valence-electron chi connectivity index (χ1n) is 17.6. The molecular formula is C38H59F6NO8P-. The molecule has 1 heterocycles. The van der Waals surface area contributed by atoms with Crippen LogP contribution in [-0.4, -0.2) is 67.2 Å². The van der Waals surface area contributed by atoms with Crippen LogP contribution in [0.1, 0.15) is 107 Å². The molecular weight excluding hydrogens is 743 g/mol. The van der Waals surface area contributed by atoms with E-state index in [0.29, 0.717) is 41.6 Å². The van der Waals surface area contributed by atoms with E-state index in [1.165, 1.54) is 33.6 Å². The van der Waals surface area contributed by atoms with Crippen molar-refractivity contribution in [2.24, 2.45) is 11.8 Å². The van der Waals surface area contributed by atoms with Crippen molar-refractivity contribution in [3.8, 4) is 0 Å². The molecule has 0 spiro atoms. The number of hydrogen-bond donors (Lipinski definition) is 2. The Morgan fingerprint density at radius 3 is 2.07 bits per heavy atom. The van der Waals surface area contributed by atoms with Crippen LogP contribution < -0.4 is 5.32 Å². The van der Waals surface area contributed by atoms with Gasteiger partial charge in [0.25, 0.3) is 5.91 Å². The van der Waals surface area contributed by atoms with Gasteiger partial charge in [0.15, 0.2) is 11.9 Å². The predicted molar refractivity (Wildman–Crippen MR) is 199 cm³/mol. The number of rotatable bonds is 10. The molecule has 1 aliphatic carbocycles. The summed E-state index contributed by atoms with van der Waals surface area (Å²) in [6.07, 6.45) is 12.6. The Bertz CT molecular complexity index is 1460. The third-order valence-electron chi connectivity index (χ3n) is 8.74.